The molecule has 1 saturated carbocycles. The van der Waals surface area contributed by atoms with Crippen LogP contribution in [0.2, 0.25) is 0 Å². The summed E-state index contributed by atoms with van der Waals surface area (Å²) in [6.45, 7) is 6.29. The van der Waals surface area contributed by atoms with Crippen LogP contribution in [0, 0.1) is 11.3 Å². The fourth-order valence-corrected chi connectivity index (χ4v) is 3.76. The summed E-state index contributed by atoms with van der Waals surface area (Å²) in [7, 11) is 0. The van der Waals surface area contributed by atoms with Crippen LogP contribution in [-0.2, 0) is 14.3 Å². The second-order valence-electron chi connectivity index (χ2n) is 7.05. The lowest BCUT2D eigenvalue weighted by Gasteiger charge is -2.37. The van der Waals surface area contributed by atoms with Crippen LogP contribution in [0.1, 0.15) is 71.6 Å². The van der Waals surface area contributed by atoms with Gasteiger partial charge in [-0.05, 0) is 32.1 Å². The van der Waals surface area contributed by atoms with E-state index in [1.807, 2.05) is 6.92 Å². The molecule has 0 bridgehead atoms. The molecule has 2 rings (SSSR count). The second-order valence-corrected chi connectivity index (χ2v) is 7.05. The summed E-state index contributed by atoms with van der Waals surface area (Å²) in [6.07, 6.45) is 10.6. The van der Waals surface area contributed by atoms with Gasteiger partial charge in [0.05, 0.1) is 13.2 Å². The van der Waals surface area contributed by atoms with E-state index in [1.165, 1.54) is 38.5 Å². The predicted molar refractivity (Wildman–Crippen MR) is 87.5 cm³/mol. The van der Waals surface area contributed by atoms with Crippen LogP contribution >= 0.6 is 0 Å². The summed E-state index contributed by atoms with van der Waals surface area (Å²) in [6, 6.07) is 0. The standard InChI is InChI=1S/C18H33NO3/c1-3-15(2)16(20)19-12-8-11-18(17-21-13-14-22-17)9-6-4-5-7-10-18/h15,17H,3-14H2,1-2H3,(H,19,20). The summed E-state index contributed by atoms with van der Waals surface area (Å²) < 4.78 is 11.8. The zero-order chi connectivity index (χ0) is 15.8. The molecule has 1 heterocycles. The summed E-state index contributed by atoms with van der Waals surface area (Å²) in [5.74, 6) is 0.305. The van der Waals surface area contributed by atoms with Crippen molar-refractivity contribution in [1.82, 2.24) is 5.32 Å². The van der Waals surface area contributed by atoms with Gasteiger partial charge in [-0.15, -0.1) is 0 Å². The smallest absolute Gasteiger partial charge is 0.222 e. The molecule has 22 heavy (non-hydrogen) atoms. The van der Waals surface area contributed by atoms with Gasteiger partial charge in [-0.3, -0.25) is 4.79 Å². The average molecular weight is 311 g/mol. The van der Waals surface area contributed by atoms with Crippen molar-refractivity contribution in [1.29, 1.82) is 0 Å². The molecule has 2 aliphatic rings. The maximum atomic E-state index is 11.9. The normalized spacial score (nSPS) is 23.9. The average Bonchev–Trinajstić information content (AvgIpc) is 2.98. The molecule has 4 heteroatoms. The molecule has 128 valence electrons. The Kier molecular flexibility index (Phi) is 7.16. The van der Waals surface area contributed by atoms with Crippen LogP contribution in [0.4, 0.5) is 0 Å². The van der Waals surface area contributed by atoms with Gasteiger partial charge in [-0.2, -0.15) is 0 Å². The van der Waals surface area contributed by atoms with Gasteiger partial charge in [0.15, 0.2) is 6.29 Å². The van der Waals surface area contributed by atoms with Crippen LogP contribution < -0.4 is 5.32 Å². The highest BCUT2D eigenvalue weighted by molar-refractivity contribution is 5.78. The largest absolute Gasteiger partial charge is 0.356 e. The van der Waals surface area contributed by atoms with E-state index in [0.29, 0.717) is 0 Å². The fraction of sp³-hybridized carbons (Fsp3) is 0.944. The molecule has 1 aliphatic heterocycles. The van der Waals surface area contributed by atoms with Gasteiger partial charge in [0, 0.05) is 17.9 Å². The lowest BCUT2D eigenvalue weighted by atomic mass is 9.75. The number of hydrogen-bond acceptors (Lipinski definition) is 3. The molecule has 1 unspecified atom stereocenters. The molecule has 1 atom stereocenters. The number of carbonyl (C=O) groups is 1. The first kappa shape index (κ1) is 17.7. The van der Waals surface area contributed by atoms with Gasteiger partial charge >= 0.3 is 0 Å². The van der Waals surface area contributed by atoms with E-state index >= 15 is 0 Å². The van der Waals surface area contributed by atoms with Gasteiger partial charge in [0.1, 0.15) is 0 Å². The first-order valence-corrected chi connectivity index (χ1v) is 9.19. The quantitative estimate of drug-likeness (QED) is 0.577. The Morgan fingerprint density at radius 3 is 2.41 bits per heavy atom. The molecule has 0 aromatic carbocycles. The van der Waals surface area contributed by atoms with E-state index in [4.69, 9.17) is 9.47 Å². The lowest BCUT2D eigenvalue weighted by Crippen LogP contribution is -2.37. The van der Waals surface area contributed by atoms with Crippen LogP contribution in [0.3, 0.4) is 0 Å². The number of rotatable bonds is 7. The number of hydrogen-bond donors (Lipinski definition) is 1. The minimum Gasteiger partial charge on any atom is -0.356 e. The number of nitrogens with one attached hydrogen (secondary N) is 1. The van der Waals surface area contributed by atoms with Crippen molar-refractivity contribution in [2.45, 2.75) is 77.9 Å². The third-order valence-corrected chi connectivity index (χ3v) is 5.43. The first-order chi connectivity index (χ1) is 10.7. The Hall–Kier alpha value is -0.610. The molecule has 1 N–H and O–H groups in total. The fourth-order valence-electron chi connectivity index (χ4n) is 3.76. The second kappa shape index (κ2) is 8.88. The maximum Gasteiger partial charge on any atom is 0.222 e. The monoisotopic (exact) mass is 311 g/mol. The van der Waals surface area contributed by atoms with Gasteiger partial charge < -0.3 is 14.8 Å². The third-order valence-electron chi connectivity index (χ3n) is 5.43. The minimum atomic E-state index is -0.0177. The van der Waals surface area contributed by atoms with Crippen molar-refractivity contribution in [3.05, 3.63) is 0 Å². The van der Waals surface area contributed by atoms with Gasteiger partial charge in [-0.1, -0.05) is 39.5 Å². The van der Waals surface area contributed by atoms with Crippen LogP contribution in [0.5, 0.6) is 0 Å². The van der Waals surface area contributed by atoms with Crippen LogP contribution in [0.15, 0.2) is 0 Å². The minimum absolute atomic E-state index is 0.0177. The SMILES string of the molecule is CCC(C)C(=O)NCCCC1(C2OCCO2)CCCCCC1. The molecule has 1 amide bonds. The predicted octanol–water partition coefficient (Wildman–Crippen LogP) is 3.64. The van der Waals surface area contributed by atoms with Crippen molar-refractivity contribution in [2.24, 2.45) is 11.3 Å². The Morgan fingerprint density at radius 2 is 1.82 bits per heavy atom. The van der Waals surface area contributed by atoms with E-state index < -0.39 is 0 Å². The van der Waals surface area contributed by atoms with E-state index in [0.717, 1.165) is 39.0 Å². The van der Waals surface area contributed by atoms with Crippen LogP contribution in [-0.4, -0.2) is 32.0 Å². The zero-order valence-electron chi connectivity index (χ0n) is 14.4. The van der Waals surface area contributed by atoms with E-state index in [9.17, 15) is 4.79 Å². The summed E-state index contributed by atoms with van der Waals surface area (Å²) in [5, 5.41) is 3.08. The molecular formula is C18H33NO3. The number of ether oxygens (including phenoxy) is 2. The van der Waals surface area contributed by atoms with Gasteiger partial charge in [0.2, 0.25) is 5.91 Å². The lowest BCUT2D eigenvalue weighted by molar-refractivity contribution is -0.143. The molecular weight excluding hydrogens is 278 g/mol. The topological polar surface area (TPSA) is 47.6 Å². The van der Waals surface area contributed by atoms with Crippen molar-refractivity contribution >= 4 is 5.91 Å². The number of carbonyl (C=O) groups excluding carboxylic acids is 1. The number of amides is 1. The van der Waals surface area contributed by atoms with Crippen molar-refractivity contribution in [2.75, 3.05) is 19.8 Å². The Morgan fingerprint density at radius 1 is 1.18 bits per heavy atom. The van der Waals surface area contributed by atoms with Crippen LogP contribution in [0.25, 0.3) is 0 Å². The highest BCUT2D eigenvalue weighted by atomic mass is 16.7. The van der Waals surface area contributed by atoms with E-state index in [1.54, 1.807) is 0 Å². The molecule has 0 aromatic heterocycles. The summed E-state index contributed by atoms with van der Waals surface area (Å²) in [4.78, 5) is 11.9. The highest BCUT2D eigenvalue weighted by Gasteiger charge is 2.41. The third kappa shape index (κ3) is 4.69. The summed E-state index contributed by atoms with van der Waals surface area (Å²) >= 11 is 0. The maximum absolute atomic E-state index is 11.9. The van der Waals surface area contributed by atoms with E-state index in [2.05, 4.69) is 12.2 Å². The Bertz CT molecular complexity index is 331. The Balaban J connectivity index is 1.83. The van der Waals surface area contributed by atoms with Gasteiger partial charge in [-0.25, -0.2) is 0 Å². The molecule has 0 spiro atoms. The highest BCUT2D eigenvalue weighted by Crippen LogP contribution is 2.44. The van der Waals surface area contributed by atoms with Crippen molar-refractivity contribution < 1.29 is 14.3 Å². The first-order valence-electron chi connectivity index (χ1n) is 9.19. The molecule has 0 aromatic rings. The molecule has 0 radical (unpaired) electrons. The summed E-state index contributed by atoms with van der Waals surface area (Å²) in [5.41, 5.74) is 0.175. The van der Waals surface area contributed by atoms with Crippen molar-refractivity contribution in [3.8, 4) is 0 Å². The zero-order valence-corrected chi connectivity index (χ0v) is 14.4. The molecule has 2 fully saturated rings. The van der Waals surface area contributed by atoms with Crippen molar-refractivity contribution in [3.63, 3.8) is 0 Å². The van der Waals surface area contributed by atoms with Gasteiger partial charge in [0.25, 0.3) is 0 Å². The van der Waals surface area contributed by atoms with E-state index in [-0.39, 0.29) is 23.5 Å². The Labute approximate surface area is 135 Å². The molecule has 4 nitrogen and oxygen atoms in total. The molecule has 1 saturated heterocycles. The molecule has 1 aliphatic carbocycles.